The van der Waals surface area contributed by atoms with Crippen molar-refractivity contribution in [2.24, 2.45) is 0 Å². The predicted molar refractivity (Wildman–Crippen MR) is 56.9 cm³/mol. The van der Waals surface area contributed by atoms with Crippen molar-refractivity contribution in [3.63, 3.8) is 0 Å². The van der Waals surface area contributed by atoms with Crippen LogP contribution in [0.4, 0.5) is 0 Å². The average molecular weight is 225 g/mol. The van der Waals surface area contributed by atoms with Crippen molar-refractivity contribution < 1.29 is 14.6 Å². The second kappa shape index (κ2) is 4.52. The molecular formula is C10H15N3O3. The van der Waals surface area contributed by atoms with E-state index in [2.05, 4.69) is 10.4 Å². The van der Waals surface area contributed by atoms with E-state index in [0.717, 1.165) is 25.9 Å². The van der Waals surface area contributed by atoms with Crippen molar-refractivity contribution in [2.75, 3.05) is 20.2 Å². The molecule has 0 aliphatic carbocycles. The number of methoxy groups -OCH3 is 1. The van der Waals surface area contributed by atoms with E-state index in [-0.39, 0.29) is 11.7 Å². The van der Waals surface area contributed by atoms with Gasteiger partial charge in [0.2, 0.25) is 0 Å². The molecule has 2 rings (SSSR count). The van der Waals surface area contributed by atoms with Gasteiger partial charge in [-0.15, -0.1) is 0 Å². The van der Waals surface area contributed by atoms with Crippen LogP contribution in [0.25, 0.3) is 0 Å². The van der Waals surface area contributed by atoms with E-state index in [9.17, 15) is 4.79 Å². The van der Waals surface area contributed by atoms with Crippen LogP contribution in [0, 0.1) is 0 Å². The first kappa shape index (κ1) is 10.9. The van der Waals surface area contributed by atoms with Gasteiger partial charge >= 0.3 is 5.97 Å². The molecule has 0 saturated carbocycles. The second-order valence-corrected chi connectivity index (χ2v) is 3.79. The normalized spacial score (nSPS) is 17.3. The van der Waals surface area contributed by atoms with Crippen LogP contribution in [-0.4, -0.2) is 41.1 Å². The number of nitrogens with one attached hydrogen (secondary N) is 1. The number of aromatic carboxylic acids is 1. The van der Waals surface area contributed by atoms with E-state index < -0.39 is 5.97 Å². The highest BCUT2D eigenvalue weighted by atomic mass is 16.5. The minimum absolute atomic E-state index is 0.148. The summed E-state index contributed by atoms with van der Waals surface area (Å²) in [6.07, 6.45) is 3.25. The molecule has 2 N–H and O–H groups in total. The summed E-state index contributed by atoms with van der Waals surface area (Å²) in [6.45, 7) is 1.79. The van der Waals surface area contributed by atoms with Crippen molar-refractivity contribution in [1.29, 1.82) is 0 Å². The quantitative estimate of drug-likeness (QED) is 0.784. The van der Waals surface area contributed by atoms with Gasteiger partial charge in [0.25, 0.3) is 0 Å². The van der Waals surface area contributed by atoms with Gasteiger partial charge in [0.15, 0.2) is 11.4 Å². The molecule has 0 amide bonds. The molecule has 1 saturated heterocycles. The molecule has 1 aromatic rings. The Hall–Kier alpha value is -1.56. The zero-order valence-corrected chi connectivity index (χ0v) is 9.14. The first-order valence-electron chi connectivity index (χ1n) is 5.29. The largest absolute Gasteiger partial charge is 0.493 e. The third kappa shape index (κ3) is 1.88. The predicted octanol–water partition coefficient (Wildman–Crippen LogP) is 0.514. The van der Waals surface area contributed by atoms with E-state index in [1.807, 2.05) is 0 Å². The average Bonchev–Trinajstić information content (AvgIpc) is 2.73. The molecule has 0 radical (unpaired) electrons. The fraction of sp³-hybridized carbons (Fsp3) is 0.600. The molecule has 1 fully saturated rings. The molecule has 1 aliphatic heterocycles. The van der Waals surface area contributed by atoms with Crippen LogP contribution in [-0.2, 0) is 0 Å². The van der Waals surface area contributed by atoms with Crippen molar-refractivity contribution in [1.82, 2.24) is 15.1 Å². The van der Waals surface area contributed by atoms with Crippen LogP contribution in [0.1, 0.15) is 29.4 Å². The summed E-state index contributed by atoms with van der Waals surface area (Å²) in [5.41, 5.74) is 0.148. The molecule has 6 nitrogen and oxygen atoms in total. The first-order valence-corrected chi connectivity index (χ1v) is 5.29. The molecule has 1 aliphatic rings. The molecule has 2 heterocycles. The van der Waals surface area contributed by atoms with Crippen molar-refractivity contribution >= 4 is 5.97 Å². The Morgan fingerprint density at radius 3 is 2.88 bits per heavy atom. The van der Waals surface area contributed by atoms with Gasteiger partial charge in [0.05, 0.1) is 19.3 Å². The van der Waals surface area contributed by atoms with Crippen LogP contribution in [0.3, 0.4) is 0 Å². The lowest BCUT2D eigenvalue weighted by Crippen LogP contribution is -2.31. The summed E-state index contributed by atoms with van der Waals surface area (Å²) in [5.74, 6) is -0.668. The maximum absolute atomic E-state index is 11.1. The molecule has 0 atom stereocenters. The van der Waals surface area contributed by atoms with Gasteiger partial charge in [-0.1, -0.05) is 0 Å². The standard InChI is InChI=1S/C10H15N3O3/c1-16-8-6-12-13(9(8)10(14)15)7-2-4-11-5-3-7/h6-7,11H,2-5H2,1H3,(H,14,15). The number of nitrogens with zero attached hydrogens (tertiary/aromatic N) is 2. The lowest BCUT2D eigenvalue weighted by molar-refractivity contribution is 0.0674. The lowest BCUT2D eigenvalue weighted by atomic mass is 10.1. The lowest BCUT2D eigenvalue weighted by Gasteiger charge is -2.23. The summed E-state index contributed by atoms with van der Waals surface area (Å²) >= 11 is 0. The molecule has 88 valence electrons. The van der Waals surface area contributed by atoms with Crippen molar-refractivity contribution in [2.45, 2.75) is 18.9 Å². The Labute approximate surface area is 93.2 Å². The highest BCUT2D eigenvalue weighted by Gasteiger charge is 2.25. The highest BCUT2D eigenvalue weighted by Crippen LogP contribution is 2.25. The number of carboxylic acid groups (broad SMARTS) is 1. The van der Waals surface area contributed by atoms with Crippen molar-refractivity contribution in [3.8, 4) is 5.75 Å². The van der Waals surface area contributed by atoms with Gasteiger partial charge in [-0.05, 0) is 25.9 Å². The number of rotatable bonds is 3. The molecule has 0 aromatic carbocycles. The maximum Gasteiger partial charge on any atom is 0.358 e. The molecular weight excluding hydrogens is 210 g/mol. The third-order valence-corrected chi connectivity index (χ3v) is 2.84. The molecule has 0 unspecified atom stereocenters. The number of aromatic nitrogens is 2. The summed E-state index contributed by atoms with van der Waals surface area (Å²) < 4.78 is 6.57. The smallest absolute Gasteiger partial charge is 0.358 e. The van der Waals surface area contributed by atoms with Crippen LogP contribution in [0.2, 0.25) is 0 Å². The summed E-state index contributed by atoms with van der Waals surface area (Å²) in [6, 6.07) is 0.149. The SMILES string of the molecule is COc1cnn(C2CCNCC2)c1C(=O)O. The van der Waals surface area contributed by atoms with E-state index >= 15 is 0 Å². The molecule has 0 bridgehead atoms. The summed E-state index contributed by atoms with van der Waals surface area (Å²) in [5, 5.41) is 16.5. The summed E-state index contributed by atoms with van der Waals surface area (Å²) in [4.78, 5) is 11.1. The zero-order chi connectivity index (χ0) is 11.5. The molecule has 1 aromatic heterocycles. The van der Waals surface area contributed by atoms with Gasteiger partial charge in [-0.3, -0.25) is 4.68 Å². The van der Waals surface area contributed by atoms with E-state index in [0.29, 0.717) is 5.75 Å². The number of carboxylic acids is 1. The highest BCUT2D eigenvalue weighted by molar-refractivity contribution is 5.88. The van der Waals surface area contributed by atoms with Gasteiger partial charge < -0.3 is 15.2 Å². The van der Waals surface area contributed by atoms with Gasteiger partial charge in [0.1, 0.15) is 0 Å². The Bertz CT molecular complexity index is 383. The second-order valence-electron chi connectivity index (χ2n) is 3.79. The van der Waals surface area contributed by atoms with Crippen molar-refractivity contribution in [3.05, 3.63) is 11.9 Å². The minimum Gasteiger partial charge on any atom is -0.493 e. The summed E-state index contributed by atoms with van der Waals surface area (Å²) in [7, 11) is 1.45. The molecule has 0 spiro atoms. The third-order valence-electron chi connectivity index (χ3n) is 2.84. The topological polar surface area (TPSA) is 76.4 Å². The number of carbonyl (C=O) groups is 1. The fourth-order valence-electron chi connectivity index (χ4n) is 2.03. The fourth-order valence-corrected chi connectivity index (χ4v) is 2.03. The van der Waals surface area contributed by atoms with Crippen LogP contribution >= 0.6 is 0 Å². The van der Waals surface area contributed by atoms with Gasteiger partial charge in [0, 0.05) is 0 Å². The van der Waals surface area contributed by atoms with E-state index in [1.165, 1.54) is 13.3 Å². The van der Waals surface area contributed by atoms with E-state index in [4.69, 9.17) is 9.84 Å². The number of piperidine rings is 1. The van der Waals surface area contributed by atoms with Crippen LogP contribution < -0.4 is 10.1 Å². The monoisotopic (exact) mass is 225 g/mol. The minimum atomic E-state index is -0.993. The van der Waals surface area contributed by atoms with Gasteiger partial charge in [-0.2, -0.15) is 5.10 Å². The number of hydrogen-bond donors (Lipinski definition) is 2. The first-order chi connectivity index (χ1) is 7.74. The maximum atomic E-state index is 11.1. The molecule has 6 heteroatoms. The number of ether oxygens (including phenoxy) is 1. The molecule has 16 heavy (non-hydrogen) atoms. The Morgan fingerprint density at radius 2 is 2.31 bits per heavy atom. The number of hydrogen-bond acceptors (Lipinski definition) is 4. The Balaban J connectivity index is 2.32. The Morgan fingerprint density at radius 1 is 1.62 bits per heavy atom. The van der Waals surface area contributed by atoms with Crippen LogP contribution in [0.5, 0.6) is 5.75 Å². The van der Waals surface area contributed by atoms with E-state index in [1.54, 1.807) is 4.68 Å². The van der Waals surface area contributed by atoms with Crippen LogP contribution in [0.15, 0.2) is 6.20 Å². The van der Waals surface area contributed by atoms with Gasteiger partial charge in [-0.25, -0.2) is 4.79 Å². The Kier molecular flexibility index (Phi) is 3.09. The zero-order valence-electron chi connectivity index (χ0n) is 9.14.